The summed E-state index contributed by atoms with van der Waals surface area (Å²) in [5, 5.41) is 2.59. The fourth-order valence-electron chi connectivity index (χ4n) is 3.32. The minimum Gasteiger partial charge on any atom is -0.497 e. The van der Waals surface area contributed by atoms with Crippen LogP contribution in [0.4, 0.5) is 4.79 Å². The Labute approximate surface area is 178 Å². The molecule has 1 aliphatic rings. The van der Waals surface area contributed by atoms with E-state index in [1.54, 1.807) is 30.9 Å². The molecule has 1 N–H and O–H groups in total. The van der Waals surface area contributed by atoms with Crippen LogP contribution < -0.4 is 14.8 Å². The molecule has 0 aromatic heterocycles. The highest BCUT2D eigenvalue weighted by atomic mass is 32.2. The van der Waals surface area contributed by atoms with E-state index in [2.05, 4.69) is 5.32 Å². The highest BCUT2D eigenvalue weighted by Gasteiger charge is 2.40. The van der Waals surface area contributed by atoms with Crippen LogP contribution in [0.3, 0.4) is 0 Å². The number of thioether (sulfide) groups is 1. The van der Waals surface area contributed by atoms with E-state index < -0.39 is 0 Å². The fourth-order valence-corrected chi connectivity index (χ4v) is 4.64. The zero-order valence-corrected chi connectivity index (χ0v) is 19.0. The summed E-state index contributed by atoms with van der Waals surface area (Å²) in [5.41, 5.74) is 0.904. The largest absolute Gasteiger partial charge is 0.497 e. The second kappa shape index (κ2) is 10.6. The van der Waals surface area contributed by atoms with Gasteiger partial charge < -0.3 is 24.6 Å². The van der Waals surface area contributed by atoms with Crippen molar-refractivity contribution in [1.82, 2.24) is 15.1 Å². The first-order valence-electron chi connectivity index (χ1n) is 10.1. The lowest BCUT2D eigenvalue weighted by atomic mass is 10.1. The summed E-state index contributed by atoms with van der Waals surface area (Å²) in [5.74, 6) is 1.51. The standard InChI is InChI=1S/C21H33N3O4S/c1-7-10-22-21(26)23(14(2)3)11-12-24-19(25)15(4)29-20(24)17-13-16(27-5)8-9-18(17)28-6/h8-9,13-15,20H,7,10-12H2,1-6H3,(H,22,26)/t15-,20+/m0/s1. The summed E-state index contributed by atoms with van der Waals surface area (Å²) in [6, 6.07) is 5.57. The van der Waals surface area contributed by atoms with Crippen LogP contribution in [0.25, 0.3) is 0 Å². The van der Waals surface area contributed by atoms with E-state index in [4.69, 9.17) is 9.47 Å². The van der Waals surface area contributed by atoms with Crippen LogP contribution in [0.15, 0.2) is 18.2 Å². The molecule has 7 nitrogen and oxygen atoms in total. The number of benzene rings is 1. The lowest BCUT2D eigenvalue weighted by molar-refractivity contribution is -0.130. The van der Waals surface area contributed by atoms with E-state index >= 15 is 0 Å². The molecular weight excluding hydrogens is 390 g/mol. The first-order valence-corrected chi connectivity index (χ1v) is 11.0. The average molecular weight is 424 g/mol. The van der Waals surface area contributed by atoms with Crippen molar-refractivity contribution in [3.63, 3.8) is 0 Å². The van der Waals surface area contributed by atoms with Crippen molar-refractivity contribution in [3.05, 3.63) is 23.8 Å². The Kier molecular flexibility index (Phi) is 8.49. The fraction of sp³-hybridized carbons (Fsp3) is 0.619. The third-order valence-corrected chi connectivity index (χ3v) is 6.32. The van der Waals surface area contributed by atoms with Crippen LogP contribution in [-0.2, 0) is 4.79 Å². The highest BCUT2D eigenvalue weighted by molar-refractivity contribution is 8.01. The third kappa shape index (κ3) is 5.50. The molecule has 0 unspecified atom stereocenters. The van der Waals surface area contributed by atoms with Crippen LogP contribution in [0.5, 0.6) is 11.5 Å². The smallest absolute Gasteiger partial charge is 0.317 e. The number of hydrogen-bond acceptors (Lipinski definition) is 5. The van der Waals surface area contributed by atoms with Crippen molar-refractivity contribution in [2.24, 2.45) is 0 Å². The van der Waals surface area contributed by atoms with Gasteiger partial charge in [-0.3, -0.25) is 4.79 Å². The van der Waals surface area contributed by atoms with Crippen LogP contribution in [0.1, 0.15) is 45.1 Å². The van der Waals surface area contributed by atoms with E-state index in [-0.39, 0.29) is 28.6 Å². The van der Waals surface area contributed by atoms with Crippen LogP contribution >= 0.6 is 11.8 Å². The van der Waals surface area contributed by atoms with Gasteiger partial charge in [-0.05, 0) is 45.4 Å². The molecule has 162 valence electrons. The lowest BCUT2D eigenvalue weighted by Crippen LogP contribution is -2.48. The van der Waals surface area contributed by atoms with Gasteiger partial charge in [-0.25, -0.2) is 4.79 Å². The lowest BCUT2D eigenvalue weighted by Gasteiger charge is -2.31. The van der Waals surface area contributed by atoms with E-state index in [0.717, 1.165) is 23.5 Å². The number of rotatable bonds is 9. The zero-order valence-electron chi connectivity index (χ0n) is 18.2. The Balaban J connectivity index is 2.23. The van der Waals surface area contributed by atoms with Crippen molar-refractivity contribution in [2.75, 3.05) is 33.9 Å². The topological polar surface area (TPSA) is 71.1 Å². The van der Waals surface area contributed by atoms with Crippen LogP contribution in [-0.4, -0.2) is 66.9 Å². The summed E-state index contributed by atoms with van der Waals surface area (Å²) in [6.07, 6.45) is 0.883. The maximum Gasteiger partial charge on any atom is 0.317 e. The number of urea groups is 1. The molecule has 0 aliphatic carbocycles. The SMILES string of the molecule is CCCNC(=O)N(CCN1C(=O)[C@H](C)S[C@@H]1c1cc(OC)ccc1OC)C(C)C. The average Bonchev–Trinajstić information content (AvgIpc) is 2.99. The number of hydrogen-bond donors (Lipinski definition) is 1. The molecule has 2 atom stereocenters. The molecule has 3 amide bonds. The van der Waals surface area contributed by atoms with E-state index in [1.807, 2.05) is 50.8 Å². The molecule has 0 spiro atoms. The van der Waals surface area contributed by atoms with Crippen LogP contribution in [0, 0.1) is 0 Å². The maximum absolute atomic E-state index is 12.9. The number of methoxy groups -OCH3 is 2. The molecule has 1 fully saturated rings. The summed E-state index contributed by atoms with van der Waals surface area (Å²) < 4.78 is 10.9. The molecular formula is C21H33N3O4S. The van der Waals surface area contributed by atoms with E-state index in [9.17, 15) is 9.59 Å². The second-order valence-corrected chi connectivity index (χ2v) is 8.72. The molecule has 0 radical (unpaired) electrons. The molecule has 0 saturated carbocycles. The van der Waals surface area contributed by atoms with Crippen molar-refractivity contribution in [2.45, 2.75) is 50.8 Å². The number of amides is 3. The normalized spacial score (nSPS) is 18.9. The molecule has 29 heavy (non-hydrogen) atoms. The van der Waals surface area contributed by atoms with Crippen molar-refractivity contribution >= 4 is 23.7 Å². The predicted molar refractivity (Wildman–Crippen MR) is 117 cm³/mol. The number of nitrogens with zero attached hydrogens (tertiary/aromatic N) is 2. The summed E-state index contributed by atoms with van der Waals surface area (Å²) in [4.78, 5) is 29.0. The maximum atomic E-state index is 12.9. The van der Waals surface area contributed by atoms with Gasteiger partial charge in [-0.15, -0.1) is 11.8 Å². The first kappa shape index (κ1) is 23.2. The van der Waals surface area contributed by atoms with Gasteiger partial charge in [0.2, 0.25) is 5.91 Å². The van der Waals surface area contributed by atoms with Gasteiger partial charge in [-0.1, -0.05) is 6.92 Å². The van der Waals surface area contributed by atoms with Crippen molar-refractivity contribution in [1.29, 1.82) is 0 Å². The Morgan fingerprint density at radius 2 is 2.03 bits per heavy atom. The molecule has 1 heterocycles. The first-order chi connectivity index (χ1) is 13.8. The monoisotopic (exact) mass is 423 g/mol. The molecule has 0 bridgehead atoms. The number of carbonyl (C=O) groups is 2. The van der Waals surface area contributed by atoms with Gasteiger partial charge in [-0.2, -0.15) is 0 Å². The molecule has 2 rings (SSSR count). The van der Waals surface area contributed by atoms with E-state index in [1.165, 1.54) is 0 Å². The summed E-state index contributed by atoms with van der Waals surface area (Å²) in [6.45, 7) is 9.47. The van der Waals surface area contributed by atoms with Crippen LogP contribution in [0.2, 0.25) is 0 Å². The zero-order chi connectivity index (χ0) is 21.6. The van der Waals surface area contributed by atoms with Gasteiger partial charge in [0.05, 0.1) is 19.5 Å². The summed E-state index contributed by atoms with van der Waals surface area (Å²) >= 11 is 1.59. The van der Waals surface area contributed by atoms with Gasteiger partial charge in [0, 0.05) is 31.2 Å². The number of ether oxygens (including phenoxy) is 2. The molecule has 1 aliphatic heterocycles. The Morgan fingerprint density at radius 3 is 2.62 bits per heavy atom. The Bertz CT molecular complexity index is 713. The summed E-state index contributed by atoms with van der Waals surface area (Å²) in [7, 11) is 3.24. The molecule has 8 heteroatoms. The van der Waals surface area contributed by atoms with Crippen molar-refractivity contribution < 1.29 is 19.1 Å². The Morgan fingerprint density at radius 1 is 1.31 bits per heavy atom. The number of carbonyl (C=O) groups excluding carboxylic acids is 2. The minimum atomic E-state index is -0.185. The number of nitrogens with one attached hydrogen (secondary N) is 1. The third-order valence-electron chi connectivity index (χ3n) is 4.94. The van der Waals surface area contributed by atoms with Gasteiger partial charge in [0.1, 0.15) is 16.9 Å². The molecule has 1 aromatic carbocycles. The van der Waals surface area contributed by atoms with Gasteiger partial charge >= 0.3 is 6.03 Å². The second-order valence-electron chi connectivity index (χ2n) is 7.29. The van der Waals surface area contributed by atoms with Crippen molar-refractivity contribution in [3.8, 4) is 11.5 Å². The predicted octanol–water partition coefficient (Wildman–Crippen LogP) is 3.50. The van der Waals surface area contributed by atoms with Gasteiger partial charge in [0.25, 0.3) is 0 Å². The van der Waals surface area contributed by atoms with E-state index in [0.29, 0.717) is 19.6 Å². The highest BCUT2D eigenvalue weighted by Crippen LogP contribution is 2.46. The Hall–Kier alpha value is -2.09. The molecule has 1 saturated heterocycles. The minimum absolute atomic E-state index is 0.0412. The quantitative estimate of drug-likeness (QED) is 0.658. The molecule has 1 aromatic rings. The van der Waals surface area contributed by atoms with Gasteiger partial charge in [0.15, 0.2) is 0 Å².